The number of aldehydes is 1. The number of nitrogens with one attached hydrogen (secondary N) is 1. The predicted molar refractivity (Wildman–Crippen MR) is 80.2 cm³/mol. The first-order chi connectivity index (χ1) is 9.88. The molecule has 0 heterocycles. The van der Waals surface area contributed by atoms with E-state index in [-0.39, 0.29) is 0 Å². The lowest BCUT2D eigenvalue weighted by Gasteiger charge is -2.08. The fourth-order valence-corrected chi connectivity index (χ4v) is 1.91. The molecule has 20 heavy (non-hydrogen) atoms. The van der Waals surface area contributed by atoms with Gasteiger partial charge in [-0.2, -0.15) is 0 Å². The van der Waals surface area contributed by atoms with Gasteiger partial charge in [0.1, 0.15) is 17.8 Å². The largest absolute Gasteiger partial charge is 0.457 e. The summed E-state index contributed by atoms with van der Waals surface area (Å²) in [5, 5.41) is 3.23. The van der Waals surface area contributed by atoms with Crippen LogP contribution in [0.15, 0.2) is 54.6 Å². The summed E-state index contributed by atoms with van der Waals surface area (Å²) in [5.74, 6) is 1.69. The van der Waals surface area contributed by atoms with Gasteiger partial charge < -0.3 is 14.8 Å². The molecule has 0 fully saturated rings. The molecule has 0 aliphatic heterocycles. The molecule has 0 spiro atoms. The maximum Gasteiger partial charge on any atom is 0.127 e. The van der Waals surface area contributed by atoms with Crippen LogP contribution in [0.1, 0.15) is 12.0 Å². The highest BCUT2D eigenvalue weighted by Crippen LogP contribution is 2.21. The normalized spacial score (nSPS) is 10.2. The number of ether oxygens (including phenoxy) is 1. The molecule has 3 heteroatoms. The van der Waals surface area contributed by atoms with Crippen LogP contribution in [0, 0.1) is 0 Å². The molecule has 0 saturated heterocycles. The molecule has 0 unspecified atom stereocenters. The fourth-order valence-electron chi connectivity index (χ4n) is 1.91. The minimum atomic E-state index is 0.567. The zero-order chi connectivity index (χ0) is 14.0. The smallest absolute Gasteiger partial charge is 0.127 e. The van der Waals surface area contributed by atoms with Crippen LogP contribution >= 0.6 is 0 Å². The summed E-state index contributed by atoms with van der Waals surface area (Å²) in [7, 11) is 0. The van der Waals surface area contributed by atoms with Gasteiger partial charge in [0.25, 0.3) is 0 Å². The number of para-hydroxylation sites is 1. The van der Waals surface area contributed by atoms with Crippen LogP contribution in [0.25, 0.3) is 0 Å². The molecule has 104 valence electrons. The van der Waals surface area contributed by atoms with Gasteiger partial charge >= 0.3 is 0 Å². The number of carbonyl (C=O) groups is 1. The quantitative estimate of drug-likeness (QED) is 0.591. The van der Waals surface area contributed by atoms with Crippen molar-refractivity contribution in [3.8, 4) is 11.5 Å². The van der Waals surface area contributed by atoms with Crippen molar-refractivity contribution in [2.75, 3.05) is 13.1 Å². The number of benzene rings is 2. The SMILES string of the molecule is O=CCCNCCc1cccc(Oc2ccccc2)c1. The Hall–Kier alpha value is -2.13. The van der Waals surface area contributed by atoms with Gasteiger partial charge in [-0.1, -0.05) is 30.3 Å². The highest BCUT2D eigenvalue weighted by molar-refractivity contribution is 5.49. The van der Waals surface area contributed by atoms with Gasteiger partial charge in [0.2, 0.25) is 0 Å². The maximum absolute atomic E-state index is 10.2. The summed E-state index contributed by atoms with van der Waals surface area (Å²) in [6.45, 7) is 1.60. The first-order valence-corrected chi connectivity index (χ1v) is 6.84. The van der Waals surface area contributed by atoms with Crippen LogP contribution in [0.5, 0.6) is 11.5 Å². The molecule has 1 N–H and O–H groups in total. The van der Waals surface area contributed by atoms with Crippen molar-refractivity contribution in [1.29, 1.82) is 0 Å². The summed E-state index contributed by atoms with van der Waals surface area (Å²) in [4.78, 5) is 10.2. The Morgan fingerprint density at radius 1 is 0.950 bits per heavy atom. The predicted octanol–water partition coefficient (Wildman–Crippen LogP) is 3.20. The number of hydrogen-bond donors (Lipinski definition) is 1. The molecular weight excluding hydrogens is 250 g/mol. The molecule has 2 rings (SSSR count). The fraction of sp³-hybridized carbons (Fsp3) is 0.235. The first-order valence-electron chi connectivity index (χ1n) is 6.84. The Morgan fingerprint density at radius 2 is 1.75 bits per heavy atom. The van der Waals surface area contributed by atoms with E-state index in [0.717, 1.165) is 37.3 Å². The van der Waals surface area contributed by atoms with Crippen LogP contribution in [-0.2, 0) is 11.2 Å². The number of hydrogen-bond acceptors (Lipinski definition) is 3. The lowest BCUT2D eigenvalue weighted by Crippen LogP contribution is -2.18. The number of rotatable bonds is 8. The van der Waals surface area contributed by atoms with Crippen LogP contribution in [0.4, 0.5) is 0 Å². The molecule has 0 aliphatic carbocycles. The first kappa shape index (κ1) is 14.3. The van der Waals surface area contributed by atoms with Gasteiger partial charge in [-0.05, 0) is 42.8 Å². The highest BCUT2D eigenvalue weighted by Gasteiger charge is 1.99. The minimum absolute atomic E-state index is 0.567. The van der Waals surface area contributed by atoms with Crippen molar-refractivity contribution in [3.63, 3.8) is 0 Å². The third kappa shape index (κ3) is 4.86. The van der Waals surface area contributed by atoms with E-state index in [1.165, 1.54) is 5.56 Å². The van der Waals surface area contributed by atoms with E-state index in [2.05, 4.69) is 17.4 Å². The zero-order valence-electron chi connectivity index (χ0n) is 11.4. The topological polar surface area (TPSA) is 38.3 Å². The second-order valence-electron chi connectivity index (χ2n) is 4.52. The van der Waals surface area contributed by atoms with E-state index < -0.39 is 0 Å². The van der Waals surface area contributed by atoms with Crippen molar-refractivity contribution >= 4 is 6.29 Å². The van der Waals surface area contributed by atoms with Gasteiger partial charge in [0.15, 0.2) is 0 Å². The zero-order valence-corrected chi connectivity index (χ0v) is 11.4. The van der Waals surface area contributed by atoms with E-state index >= 15 is 0 Å². The van der Waals surface area contributed by atoms with Crippen LogP contribution in [0.3, 0.4) is 0 Å². The van der Waals surface area contributed by atoms with E-state index in [4.69, 9.17) is 4.74 Å². The summed E-state index contributed by atoms with van der Waals surface area (Å²) < 4.78 is 5.80. The summed E-state index contributed by atoms with van der Waals surface area (Å²) in [6, 6.07) is 17.8. The molecule has 2 aromatic rings. The summed E-state index contributed by atoms with van der Waals surface area (Å²) in [6.07, 6.45) is 2.42. The van der Waals surface area contributed by atoms with E-state index in [1.807, 2.05) is 42.5 Å². The van der Waals surface area contributed by atoms with Crippen LogP contribution in [-0.4, -0.2) is 19.4 Å². The van der Waals surface area contributed by atoms with Gasteiger partial charge in [-0.25, -0.2) is 0 Å². The minimum Gasteiger partial charge on any atom is -0.457 e. The van der Waals surface area contributed by atoms with Crippen LogP contribution < -0.4 is 10.1 Å². The second kappa shape index (κ2) is 8.12. The second-order valence-corrected chi connectivity index (χ2v) is 4.52. The Morgan fingerprint density at radius 3 is 2.55 bits per heavy atom. The lowest BCUT2D eigenvalue weighted by atomic mass is 10.1. The van der Waals surface area contributed by atoms with Crippen molar-refractivity contribution in [2.45, 2.75) is 12.8 Å². The highest BCUT2D eigenvalue weighted by atomic mass is 16.5. The summed E-state index contributed by atoms with van der Waals surface area (Å²) in [5.41, 5.74) is 1.22. The van der Waals surface area contributed by atoms with Crippen molar-refractivity contribution in [1.82, 2.24) is 5.32 Å². The Balaban J connectivity index is 1.86. The van der Waals surface area contributed by atoms with Crippen LogP contribution in [0.2, 0.25) is 0 Å². The Kier molecular flexibility index (Phi) is 5.80. The third-order valence-corrected chi connectivity index (χ3v) is 2.91. The maximum atomic E-state index is 10.2. The lowest BCUT2D eigenvalue weighted by molar-refractivity contribution is -0.107. The molecule has 0 saturated carbocycles. The van der Waals surface area contributed by atoms with E-state index in [9.17, 15) is 4.79 Å². The van der Waals surface area contributed by atoms with Gasteiger partial charge in [0.05, 0.1) is 0 Å². The molecular formula is C17H19NO2. The molecule has 0 radical (unpaired) electrons. The number of carbonyl (C=O) groups excluding carboxylic acids is 1. The van der Waals surface area contributed by atoms with Crippen molar-refractivity contribution in [3.05, 3.63) is 60.2 Å². The van der Waals surface area contributed by atoms with E-state index in [1.54, 1.807) is 0 Å². The Labute approximate surface area is 119 Å². The van der Waals surface area contributed by atoms with Gasteiger partial charge in [-0.15, -0.1) is 0 Å². The molecule has 0 atom stereocenters. The molecule has 0 amide bonds. The average molecular weight is 269 g/mol. The molecule has 2 aromatic carbocycles. The molecule has 0 aliphatic rings. The summed E-state index contributed by atoms with van der Waals surface area (Å²) >= 11 is 0. The van der Waals surface area contributed by atoms with E-state index in [0.29, 0.717) is 6.42 Å². The van der Waals surface area contributed by atoms with Crippen molar-refractivity contribution < 1.29 is 9.53 Å². The van der Waals surface area contributed by atoms with Crippen molar-refractivity contribution in [2.24, 2.45) is 0 Å². The molecule has 0 aromatic heterocycles. The average Bonchev–Trinajstić information content (AvgIpc) is 2.48. The molecule has 3 nitrogen and oxygen atoms in total. The third-order valence-electron chi connectivity index (χ3n) is 2.91. The standard InChI is InChI=1S/C17H19NO2/c19-13-5-11-18-12-10-15-6-4-9-17(14-15)20-16-7-2-1-3-8-16/h1-4,6-9,13-14,18H,5,10-12H2. The monoisotopic (exact) mass is 269 g/mol. The Bertz CT molecular complexity index is 526. The van der Waals surface area contributed by atoms with Gasteiger partial charge in [0, 0.05) is 13.0 Å². The molecule has 0 bridgehead atoms. The van der Waals surface area contributed by atoms with Gasteiger partial charge in [-0.3, -0.25) is 0 Å².